The zero-order valence-electron chi connectivity index (χ0n) is 19.2. The summed E-state index contributed by atoms with van der Waals surface area (Å²) in [7, 11) is 0. The molecule has 2 bridgehead atoms. The fourth-order valence-electron chi connectivity index (χ4n) is 6.64. The maximum atomic E-state index is 14.3. The zero-order valence-corrected chi connectivity index (χ0v) is 20.7. The van der Waals surface area contributed by atoms with Gasteiger partial charge in [0, 0.05) is 0 Å². The topological polar surface area (TPSA) is 74.7 Å². The quantitative estimate of drug-likeness (QED) is 0.373. The van der Waals surface area contributed by atoms with E-state index in [0.717, 1.165) is 22.3 Å². The smallest absolute Gasteiger partial charge is 0.252 e. The third-order valence-corrected chi connectivity index (χ3v) is 9.70. The Morgan fingerprint density at radius 3 is 1.83 bits per heavy atom. The van der Waals surface area contributed by atoms with Gasteiger partial charge in [0.25, 0.3) is 5.91 Å². The fraction of sp³-hybridized carbons (Fsp3) is 0.207. The Hall–Kier alpha value is -3.51. The summed E-state index contributed by atoms with van der Waals surface area (Å²) in [6, 6.07) is 25.3. The number of alkyl halides is 1. The number of benzene rings is 3. The normalized spacial score (nSPS) is 31.5. The second-order valence-corrected chi connectivity index (χ2v) is 11.0. The molecule has 2 amide bonds. The third-order valence-electron chi connectivity index (χ3n) is 8.11. The predicted octanol–water partition coefficient (Wildman–Crippen LogP) is 5.24. The molecule has 1 saturated heterocycles. The van der Waals surface area contributed by atoms with E-state index in [1.807, 2.05) is 67.6 Å². The number of rotatable bonds is 3. The summed E-state index contributed by atoms with van der Waals surface area (Å²) in [6.45, 7) is 3.61. The van der Waals surface area contributed by atoms with Gasteiger partial charge in [-0.05, 0) is 60.4 Å². The van der Waals surface area contributed by atoms with E-state index in [4.69, 9.17) is 0 Å². The van der Waals surface area contributed by atoms with Crippen LogP contribution >= 0.6 is 15.9 Å². The highest BCUT2D eigenvalue weighted by Crippen LogP contribution is 2.77. The molecular formula is C29H22BrNO4. The standard InChI is InChI=1S/C29H22BrNO4/c1-27-21(17-9-5-3-6-10-17)22(18-11-7-4-8-12-18)28(2,25(27)34)29(30)23(27)24(33)31(26(29)35)19-13-15-20(32)16-14-19/h3-16,23,32H,1-2H3. The van der Waals surface area contributed by atoms with E-state index in [-0.39, 0.29) is 11.5 Å². The largest absolute Gasteiger partial charge is 0.508 e. The van der Waals surface area contributed by atoms with E-state index in [1.165, 1.54) is 17.0 Å². The molecule has 0 aromatic heterocycles. The van der Waals surface area contributed by atoms with Gasteiger partial charge in [0.1, 0.15) is 10.1 Å². The van der Waals surface area contributed by atoms with Gasteiger partial charge in [-0.3, -0.25) is 14.4 Å². The van der Waals surface area contributed by atoms with Crippen molar-refractivity contribution >= 4 is 50.4 Å². The van der Waals surface area contributed by atoms with Crippen LogP contribution in [0.1, 0.15) is 25.0 Å². The fourth-order valence-corrected chi connectivity index (χ4v) is 7.85. The summed E-state index contributed by atoms with van der Waals surface area (Å²) in [6.07, 6.45) is 0. The lowest BCUT2D eigenvalue weighted by Gasteiger charge is -2.41. The molecule has 0 radical (unpaired) electrons. The Morgan fingerprint density at radius 1 is 0.771 bits per heavy atom. The molecule has 2 aliphatic carbocycles. The molecule has 4 unspecified atom stereocenters. The van der Waals surface area contributed by atoms with Gasteiger partial charge >= 0.3 is 0 Å². The Balaban J connectivity index is 1.66. The van der Waals surface area contributed by atoms with Crippen molar-refractivity contribution in [1.82, 2.24) is 0 Å². The highest BCUT2D eigenvalue weighted by Gasteiger charge is 2.85. The number of carbonyl (C=O) groups excluding carboxylic acids is 3. The van der Waals surface area contributed by atoms with Crippen LogP contribution in [0.5, 0.6) is 5.75 Å². The average Bonchev–Trinajstić information content (AvgIpc) is 3.25. The van der Waals surface area contributed by atoms with E-state index in [1.54, 1.807) is 19.1 Å². The number of allylic oxidation sites excluding steroid dienone is 2. The minimum atomic E-state index is -1.44. The highest BCUT2D eigenvalue weighted by atomic mass is 79.9. The molecule has 0 spiro atoms. The first-order valence-electron chi connectivity index (χ1n) is 11.5. The second-order valence-electron chi connectivity index (χ2n) is 9.78. The van der Waals surface area contributed by atoms with Crippen LogP contribution in [0.2, 0.25) is 0 Å². The molecule has 5 nitrogen and oxygen atoms in total. The number of hydrogen-bond acceptors (Lipinski definition) is 4. The Morgan fingerprint density at radius 2 is 1.29 bits per heavy atom. The number of aromatic hydroxyl groups is 1. The first-order valence-corrected chi connectivity index (χ1v) is 12.2. The highest BCUT2D eigenvalue weighted by molar-refractivity contribution is 9.10. The number of halogens is 1. The summed E-state index contributed by atoms with van der Waals surface area (Å²) in [5, 5.41) is 9.73. The summed E-state index contributed by atoms with van der Waals surface area (Å²) >= 11 is 3.74. The van der Waals surface area contributed by atoms with Crippen LogP contribution in [-0.2, 0) is 14.4 Å². The van der Waals surface area contributed by atoms with E-state index >= 15 is 0 Å². The maximum absolute atomic E-state index is 14.3. The van der Waals surface area contributed by atoms with Crippen LogP contribution in [0.25, 0.3) is 11.1 Å². The van der Waals surface area contributed by atoms with Crippen LogP contribution in [-0.4, -0.2) is 27.0 Å². The molecule has 1 N–H and O–H groups in total. The Labute approximate surface area is 211 Å². The number of fused-ring (bicyclic) bond motifs is 5. The van der Waals surface area contributed by atoms with Crippen molar-refractivity contribution in [2.45, 2.75) is 18.2 Å². The molecule has 1 aliphatic heterocycles. The minimum Gasteiger partial charge on any atom is -0.508 e. The van der Waals surface area contributed by atoms with Gasteiger partial charge in [-0.2, -0.15) is 0 Å². The van der Waals surface area contributed by atoms with E-state index < -0.39 is 32.9 Å². The average molecular weight is 528 g/mol. The molecule has 174 valence electrons. The van der Waals surface area contributed by atoms with Crippen LogP contribution in [0.15, 0.2) is 84.9 Å². The molecule has 1 heterocycles. The maximum Gasteiger partial charge on any atom is 0.252 e. The van der Waals surface area contributed by atoms with E-state index in [0.29, 0.717) is 5.69 Å². The zero-order chi connectivity index (χ0) is 24.8. The van der Waals surface area contributed by atoms with Crippen LogP contribution in [0, 0.1) is 16.7 Å². The number of imide groups is 1. The summed E-state index contributed by atoms with van der Waals surface area (Å²) < 4.78 is -1.44. The molecule has 2 fully saturated rings. The van der Waals surface area contributed by atoms with Crippen molar-refractivity contribution in [3.8, 4) is 5.75 Å². The first kappa shape index (κ1) is 22.0. The predicted molar refractivity (Wildman–Crippen MR) is 137 cm³/mol. The van der Waals surface area contributed by atoms with Crippen molar-refractivity contribution in [2.75, 3.05) is 4.90 Å². The molecule has 35 heavy (non-hydrogen) atoms. The van der Waals surface area contributed by atoms with Gasteiger partial charge in [0.05, 0.1) is 22.4 Å². The minimum absolute atomic E-state index is 0.0372. The Kier molecular flexibility index (Phi) is 4.41. The molecule has 3 aliphatic rings. The number of nitrogens with zero attached hydrogens (tertiary/aromatic N) is 1. The lowest BCUT2D eigenvalue weighted by Crippen LogP contribution is -2.50. The summed E-state index contributed by atoms with van der Waals surface area (Å²) in [4.78, 5) is 43.7. The van der Waals surface area contributed by atoms with Gasteiger partial charge in [0.2, 0.25) is 5.91 Å². The monoisotopic (exact) mass is 527 g/mol. The number of hydrogen-bond donors (Lipinski definition) is 1. The number of carbonyl (C=O) groups is 3. The number of Topliss-reactive ketones (excluding diaryl/α,β-unsaturated/α-hetero) is 1. The first-order chi connectivity index (χ1) is 16.7. The third kappa shape index (κ3) is 2.40. The number of phenols is 1. The summed E-state index contributed by atoms with van der Waals surface area (Å²) in [5.41, 5.74) is 1.16. The lowest BCUT2D eigenvalue weighted by atomic mass is 9.63. The lowest BCUT2D eigenvalue weighted by molar-refractivity contribution is -0.133. The molecule has 6 heteroatoms. The van der Waals surface area contributed by atoms with Crippen molar-refractivity contribution in [2.24, 2.45) is 16.7 Å². The van der Waals surface area contributed by atoms with Crippen molar-refractivity contribution in [3.63, 3.8) is 0 Å². The van der Waals surface area contributed by atoms with Gasteiger partial charge in [-0.15, -0.1) is 0 Å². The van der Waals surface area contributed by atoms with Crippen LogP contribution < -0.4 is 4.90 Å². The number of phenolic OH excluding ortho intramolecular Hbond substituents is 1. The molecule has 4 atom stereocenters. The second kappa shape index (κ2) is 7.01. The number of anilines is 1. The Bertz CT molecular complexity index is 1450. The van der Waals surface area contributed by atoms with Gasteiger partial charge in [0.15, 0.2) is 5.78 Å². The van der Waals surface area contributed by atoms with Crippen molar-refractivity contribution in [3.05, 3.63) is 96.1 Å². The number of ketones is 1. The van der Waals surface area contributed by atoms with Crippen molar-refractivity contribution < 1.29 is 19.5 Å². The SMILES string of the molecule is CC12C(=O)C(C)(C(c3ccccc3)=C1c1ccccc1)C1(Br)C(=O)N(c3ccc(O)cc3)C(=O)C21. The molecule has 6 rings (SSSR count). The molecule has 3 aromatic carbocycles. The van der Waals surface area contributed by atoms with E-state index in [9.17, 15) is 19.5 Å². The molecular weight excluding hydrogens is 506 g/mol. The summed E-state index contributed by atoms with van der Waals surface area (Å²) in [5.74, 6) is -1.89. The van der Waals surface area contributed by atoms with Gasteiger partial charge in [-0.25, -0.2) is 4.90 Å². The van der Waals surface area contributed by atoms with Gasteiger partial charge in [-0.1, -0.05) is 76.6 Å². The number of amides is 2. The molecule has 3 aromatic rings. The van der Waals surface area contributed by atoms with Crippen molar-refractivity contribution in [1.29, 1.82) is 0 Å². The van der Waals surface area contributed by atoms with E-state index in [2.05, 4.69) is 15.9 Å². The molecule has 1 saturated carbocycles. The van der Waals surface area contributed by atoms with Gasteiger partial charge < -0.3 is 5.11 Å². The van der Waals surface area contributed by atoms with Crippen LogP contribution in [0.3, 0.4) is 0 Å². The van der Waals surface area contributed by atoms with Crippen LogP contribution in [0.4, 0.5) is 5.69 Å².